The van der Waals surface area contributed by atoms with Crippen molar-refractivity contribution < 1.29 is 13.5 Å². The van der Waals surface area contributed by atoms with Crippen LogP contribution in [0.25, 0.3) is 0 Å². The lowest BCUT2D eigenvalue weighted by Gasteiger charge is -2.14. The molecule has 0 aliphatic rings. The number of para-hydroxylation sites is 1. The summed E-state index contributed by atoms with van der Waals surface area (Å²) in [5.74, 6) is -0.756. The Labute approximate surface area is 124 Å². The number of ether oxygens (including phenoxy) is 1. The van der Waals surface area contributed by atoms with Gasteiger partial charge in [-0.05, 0) is 41.1 Å². The van der Waals surface area contributed by atoms with Crippen LogP contribution in [0.4, 0.5) is 8.78 Å². The summed E-state index contributed by atoms with van der Waals surface area (Å²) in [6, 6.07) is 9.48. The van der Waals surface area contributed by atoms with E-state index >= 15 is 0 Å². The van der Waals surface area contributed by atoms with E-state index in [9.17, 15) is 8.78 Å². The Morgan fingerprint density at radius 3 is 2.60 bits per heavy atom. The van der Waals surface area contributed by atoms with Gasteiger partial charge in [-0.15, -0.1) is 0 Å². The lowest BCUT2D eigenvalue weighted by Crippen LogP contribution is -2.09. The van der Waals surface area contributed by atoms with Crippen molar-refractivity contribution >= 4 is 15.9 Å². The highest BCUT2D eigenvalue weighted by molar-refractivity contribution is 9.10. The molecule has 2 rings (SSSR count). The van der Waals surface area contributed by atoms with E-state index in [-0.39, 0.29) is 22.7 Å². The second kappa shape index (κ2) is 6.33. The third kappa shape index (κ3) is 3.16. The van der Waals surface area contributed by atoms with Gasteiger partial charge in [0, 0.05) is 11.6 Å². The van der Waals surface area contributed by atoms with Crippen LogP contribution in [0, 0.1) is 11.6 Å². The predicted molar refractivity (Wildman–Crippen MR) is 77.4 cm³/mol. The first-order valence-electron chi connectivity index (χ1n) is 6.10. The van der Waals surface area contributed by atoms with Gasteiger partial charge in [-0.25, -0.2) is 8.78 Å². The van der Waals surface area contributed by atoms with Crippen molar-refractivity contribution in [3.63, 3.8) is 0 Å². The minimum atomic E-state index is -0.650. The largest absolute Gasteiger partial charge is 0.488 e. The summed E-state index contributed by atoms with van der Waals surface area (Å²) in [5, 5.41) is 0. The average Bonchev–Trinajstić information content (AvgIpc) is 2.43. The SMILES string of the molecule is C[C@@H](N)c1ccccc1OCc1c(F)ccc(Br)c1F. The quantitative estimate of drug-likeness (QED) is 0.840. The molecule has 0 saturated heterocycles. The van der Waals surface area contributed by atoms with Crippen LogP contribution < -0.4 is 10.5 Å². The van der Waals surface area contributed by atoms with Crippen LogP contribution in [0.3, 0.4) is 0 Å². The second-order valence-corrected chi connectivity index (χ2v) is 5.29. The molecule has 0 aliphatic carbocycles. The average molecular weight is 342 g/mol. The van der Waals surface area contributed by atoms with Crippen molar-refractivity contribution in [3.05, 3.63) is 63.6 Å². The molecule has 1 atom stereocenters. The lowest BCUT2D eigenvalue weighted by atomic mass is 10.1. The molecule has 106 valence electrons. The zero-order chi connectivity index (χ0) is 14.7. The standard InChI is InChI=1S/C15H14BrF2NO/c1-9(19)10-4-2-3-5-14(10)20-8-11-13(17)7-6-12(16)15(11)18/h2-7,9H,8,19H2,1H3/t9-/m1/s1. The Morgan fingerprint density at radius 1 is 1.20 bits per heavy atom. The monoisotopic (exact) mass is 341 g/mol. The highest BCUT2D eigenvalue weighted by Gasteiger charge is 2.14. The van der Waals surface area contributed by atoms with Crippen LogP contribution in [0.5, 0.6) is 5.75 Å². The third-order valence-electron chi connectivity index (χ3n) is 2.92. The van der Waals surface area contributed by atoms with E-state index in [0.29, 0.717) is 5.75 Å². The van der Waals surface area contributed by atoms with E-state index in [1.165, 1.54) is 12.1 Å². The van der Waals surface area contributed by atoms with E-state index in [1.54, 1.807) is 12.1 Å². The summed E-state index contributed by atoms with van der Waals surface area (Å²) in [5.41, 5.74) is 6.51. The molecule has 0 heterocycles. The van der Waals surface area contributed by atoms with Crippen molar-refractivity contribution in [1.82, 2.24) is 0 Å². The summed E-state index contributed by atoms with van der Waals surface area (Å²) in [6.45, 7) is 1.63. The summed E-state index contributed by atoms with van der Waals surface area (Å²) in [7, 11) is 0. The Hall–Kier alpha value is -1.46. The lowest BCUT2D eigenvalue weighted by molar-refractivity contribution is 0.288. The molecule has 0 unspecified atom stereocenters. The van der Waals surface area contributed by atoms with Crippen molar-refractivity contribution in [3.8, 4) is 5.75 Å². The topological polar surface area (TPSA) is 35.2 Å². The van der Waals surface area contributed by atoms with Gasteiger partial charge in [0.05, 0.1) is 10.0 Å². The van der Waals surface area contributed by atoms with Gasteiger partial charge in [0.2, 0.25) is 0 Å². The van der Waals surface area contributed by atoms with Crippen molar-refractivity contribution in [2.75, 3.05) is 0 Å². The van der Waals surface area contributed by atoms with Gasteiger partial charge < -0.3 is 10.5 Å². The van der Waals surface area contributed by atoms with Crippen LogP contribution in [-0.4, -0.2) is 0 Å². The molecule has 0 amide bonds. The molecule has 0 aromatic heterocycles. The molecule has 0 saturated carbocycles. The molecule has 5 heteroatoms. The smallest absolute Gasteiger partial charge is 0.146 e. The van der Waals surface area contributed by atoms with E-state index in [1.807, 2.05) is 19.1 Å². The molecule has 0 aliphatic heterocycles. The minimum Gasteiger partial charge on any atom is -0.488 e. The van der Waals surface area contributed by atoms with Crippen molar-refractivity contribution in [2.45, 2.75) is 19.6 Å². The van der Waals surface area contributed by atoms with E-state index in [0.717, 1.165) is 5.56 Å². The highest BCUT2D eigenvalue weighted by atomic mass is 79.9. The Bertz CT molecular complexity index is 617. The highest BCUT2D eigenvalue weighted by Crippen LogP contribution is 2.26. The second-order valence-electron chi connectivity index (χ2n) is 4.44. The molecular weight excluding hydrogens is 328 g/mol. The number of nitrogens with two attached hydrogens (primary N) is 1. The Kier molecular flexibility index (Phi) is 4.73. The molecule has 2 nitrogen and oxygen atoms in total. The first kappa shape index (κ1) is 14.9. The fourth-order valence-corrected chi connectivity index (χ4v) is 2.21. The molecule has 0 radical (unpaired) electrons. The van der Waals surface area contributed by atoms with Crippen molar-refractivity contribution in [1.29, 1.82) is 0 Å². The summed E-state index contributed by atoms with van der Waals surface area (Å²) in [6.07, 6.45) is 0. The van der Waals surface area contributed by atoms with Crippen molar-refractivity contribution in [2.24, 2.45) is 5.73 Å². The maximum absolute atomic E-state index is 13.8. The molecule has 0 fully saturated rings. The van der Waals surface area contributed by atoms with Gasteiger partial charge in [0.25, 0.3) is 0 Å². The first-order valence-corrected chi connectivity index (χ1v) is 6.89. The van der Waals surface area contributed by atoms with Gasteiger partial charge >= 0.3 is 0 Å². The summed E-state index contributed by atoms with van der Waals surface area (Å²) < 4.78 is 33.2. The number of hydrogen-bond donors (Lipinski definition) is 1. The van der Waals surface area contributed by atoms with Crippen LogP contribution in [-0.2, 0) is 6.61 Å². The Morgan fingerprint density at radius 2 is 1.90 bits per heavy atom. The fourth-order valence-electron chi connectivity index (χ4n) is 1.84. The van der Waals surface area contributed by atoms with Crippen LogP contribution >= 0.6 is 15.9 Å². The maximum Gasteiger partial charge on any atom is 0.146 e. The van der Waals surface area contributed by atoms with Gasteiger partial charge in [0.15, 0.2) is 0 Å². The third-order valence-corrected chi connectivity index (χ3v) is 3.53. The van der Waals surface area contributed by atoms with Crippen LogP contribution in [0.15, 0.2) is 40.9 Å². The molecule has 0 bridgehead atoms. The number of rotatable bonds is 4. The van der Waals surface area contributed by atoms with Gasteiger partial charge in [-0.1, -0.05) is 18.2 Å². The maximum atomic E-state index is 13.8. The van der Waals surface area contributed by atoms with Crippen LogP contribution in [0.1, 0.15) is 24.1 Å². The predicted octanol–water partition coefficient (Wildman–Crippen LogP) is 4.33. The molecular formula is C15H14BrF2NO. The molecule has 0 spiro atoms. The minimum absolute atomic E-state index is 0.112. The normalized spacial score (nSPS) is 12.2. The summed E-state index contributed by atoms with van der Waals surface area (Å²) in [4.78, 5) is 0. The van der Waals surface area contributed by atoms with E-state index < -0.39 is 11.6 Å². The van der Waals surface area contributed by atoms with Gasteiger partial charge in [-0.2, -0.15) is 0 Å². The molecule has 2 aromatic rings. The van der Waals surface area contributed by atoms with Crippen LogP contribution in [0.2, 0.25) is 0 Å². The first-order chi connectivity index (χ1) is 9.50. The number of hydrogen-bond acceptors (Lipinski definition) is 2. The molecule has 2 N–H and O–H groups in total. The fraction of sp³-hybridized carbons (Fsp3) is 0.200. The summed E-state index contributed by atoms with van der Waals surface area (Å²) >= 11 is 3.03. The Balaban J connectivity index is 2.24. The van der Waals surface area contributed by atoms with E-state index in [2.05, 4.69) is 15.9 Å². The van der Waals surface area contributed by atoms with Gasteiger partial charge in [-0.3, -0.25) is 0 Å². The van der Waals surface area contributed by atoms with E-state index in [4.69, 9.17) is 10.5 Å². The zero-order valence-electron chi connectivity index (χ0n) is 10.9. The van der Waals surface area contributed by atoms with Gasteiger partial charge in [0.1, 0.15) is 24.0 Å². The zero-order valence-corrected chi connectivity index (χ0v) is 12.5. The number of benzene rings is 2. The number of halogens is 3. The molecule has 2 aromatic carbocycles. The molecule has 20 heavy (non-hydrogen) atoms.